The Kier molecular flexibility index (Phi) is 5.58. The van der Waals surface area contributed by atoms with Gasteiger partial charge in [0.2, 0.25) is 0 Å². The third kappa shape index (κ3) is 3.44. The molecule has 1 aromatic heterocycles. The molecule has 102 valence electrons. The van der Waals surface area contributed by atoms with Gasteiger partial charge in [0.05, 0.1) is 6.10 Å². The number of amides is 1. The van der Waals surface area contributed by atoms with E-state index in [1.165, 1.54) is 0 Å². The van der Waals surface area contributed by atoms with Gasteiger partial charge in [-0.2, -0.15) is 5.10 Å². The van der Waals surface area contributed by atoms with Crippen molar-refractivity contribution in [3.05, 3.63) is 17.5 Å². The highest BCUT2D eigenvalue weighted by Gasteiger charge is 2.25. The molecule has 1 aliphatic rings. The van der Waals surface area contributed by atoms with Gasteiger partial charge in [-0.3, -0.25) is 9.89 Å². The zero-order valence-corrected chi connectivity index (χ0v) is 11.1. The summed E-state index contributed by atoms with van der Waals surface area (Å²) in [5.41, 5.74) is 1.35. The van der Waals surface area contributed by atoms with E-state index in [0.29, 0.717) is 18.8 Å². The largest absolute Gasteiger partial charge is 0.391 e. The zero-order valence-electron chi connectivity index (χ0n) is 10.3. The van der Waals surface area contributed by atoms with Gasteiger partial charge >= 0.3 is 0 Å². The van der Waals surface area contributed by atoms with Crippen LogP contribution in [0.5, 0.6) is 0 Å². The van der Waals surface area contributed by atoms with Gasteiger partial charge in [0, 0.05) is 31.2 Å². The molecule has 1 amide bonds. The maximum atomic E-state index is 11.7. The molecule has 18 heavy (non-hydrogen) atoms. The first-order valence-electron chi connectivity index (χ1n) is 5.92. The Labute approximate surface area is 112 Å². The van der Waals surface area contributed by atoms with Crippen LogP contribution in [0.2, 0.25) is 0 Å². The second-order valence-electron chi connectivity index (χ2n) is 4.33. The molecule has 1 fully saturated rings. The number of aromatic amines is 1. The minimum atomic E-state index is -0.374. The molecule has 0 radical (unpaired) electrons. The van der Waals surface area contributed by atoms with Crippen molar-refractivity contribution in [2.75, 3.05) is 19.6 Å². The molecule has 7 heteroatoms. The van der Waals surface area contributed by atoms with Crippen LogP contribution in [0.15, 0.2) is 6.07 Å². The van der Waals surface area contributed by atoms with E-state index in [4.69, 9.17) is 0 Å². The molecule has 0 spiro atoms. The van der Waals surface area contributed by atoms with Crippen molar-refractivity contribution >= 4 is 18.3 Å². The average molecular weight is 275 g/mol. The second-order valence-corrected chi connectivity index (χ2v) is 4.33. The third-order valence-corrected chi connectivity index (χ3v) is 3.07. The molecule has 2 unspecified atom stereocenters. The van der Waals surface area contributed by atoms with E-state index >= 15 is 0 Å². The molecule has 1 aliphatic heterocycles. The molecule has 2 heterocycles. The predicted molar refractivity (Wildman–Crippen MR) is 69.9 cm³/mol. The molecule has 2 atom stereocenters. The fourth-order valence-corrected chi connectivity index (χ4v) is 1.90. The van der Waals surface area contributed by atoms with Gasteiger partial charge in [-0.1, -0.05) is 6.92 Å². The lowest BCUT2D eigenvalue weighted by molar-refractivity contribution is 0.0922. The third-order valence-electron chi connectivity index (χ3n) is 3.07. The van der Waals surface area contributed by atoms with Crippen molar-refractivity contribution in [3.63, 3.8) is 0 Å². The summed E-state index contributed by atoms with van der Waals surface area (Å²) < 4.78 is 0. The number of aryl methyl sites for hydroxylation is 1. The molecule has 0 aliphatic carbocycles. The lowest BCUT2D eigenvalue weighted by Gasteiger charge is -2.13. The van der Waals surface area contributed by atoms with E-state index in [1.54, 1.807) is 6.07 Å². The van der Waals surface area contributed by atoms with Gasteiger partial charge < -0.3 is 15.7 Å². The molecule has 0 bridgehead atoms. The minimum absolute atomic E-state index is 0. The molecule has 0 aromatic carbocycles. The summed E-state index contributed by atoms with van der Waals surface area (Å²) in [4.78, 5) is 11.7. The Balaban J connectivity index is 0.00000162. The monoisotopic (exact) mass is 274 g/mol. The van der Waals surface area contributed by atoms with Crippen LogP contribution in [-0.4, -0.2) is 46.9 Å². The predicted octanol–water partition coefficient (Wildman–Crippen LogP) is -0.296. The number of aliphatic hydroxyl groups is 1. The van der Waals surface area contributed by atoms with Gasteiger partial charge in [0.15, 0.2) is 0 Å². The Morgan fingerprint density at radius 2 is 2.39 bits per heavy atom. The molecule has 4 N–H and O–H groups in total. The van der Waals surface area contributed by atoms with Gasteiger partial charge in [-0.05, 0) is 12.5 Å². The lowest BCUT2D eigenvalue weighted by Crippen LogP contribution is -2.34. The van der Waals surface area contributed by atoms with Gasteiger partial charge in [0.1, 0.15) is 5.69 Å². The number of halogens is 1. The average Bonchev–Trinajstić information content (AvgIpc) is 2.94. The van der Waals surface area contributed by atoms with Crippen molar-refractivity contribution < 1.29 is 9.90 Å². The molecular formula is C11H19ClN4O2. The number of hydrogen-bond acceptors (Lipinski definition) is 4. The van der Waals surface area contributed by atoms with Crippen LogP contribution in [0.4, 0.5) is 0 Å². The van der Waals surface area contributed by atoms with Crippen molar-refractivity contribution in [1.29, 1.82) is 0 Å². The first-order valence-corrected chi connectivity index (χ1v) is 5.92. The van der Waals surface area contributed by atoms with Crippen LogP contribution in [-0.2, 0) is 6.42 Å². The number of aliphatic hydroxyl groups excluding tert-OH is 1. The van der Waals surface area contributed by atoms with Crippen LogP contribution < -0.4 is 10.6 Å². The number of carbonyl (C=O) groups excluding carboxylic acids is 1. The smallest absolute Gasteiger partial charge is 0.271 e. The number of β-amino-alcohol motifs (C(OH)–C–C–N with tert-alkyl or cyclic N) is 1. The topological polar surface area (TPSA) is 90.0 Å². The Morgan fingerprint density at radius 1 is 1.61 bits per heavy atom. The van der Waals surface area contributed by atoms with Crippen molar-refractivity contribution in [2.45, 2.75) is 19.4 Å². The Hall–Kier alpha value is -1.11. The highest BCUT2D eigenvalue weighted by atomic mass is 35.5. The maximum Gasteiger partial charge on any atom is 0.271 e. The van der Waals surface area contributed by atoms with Crippen LogP contribution in [0.3, 0.4) is 0 Å². The maximum absolute atomic E-state index is 11.7. The van der Waals surface area contributed by atoms with Crippen LogP contribution >= 0.6 is 12.4 Å². The van der Waals surface area contributed by atoms with E-state index in [1.807, 2.05) is 6.92 Å². The summed E-state index contributed by atoms with van der Waals surface area (Å²) in [5, 5.41) is 22.2. The van der Waals surface area contributed by atoms with Crippen molar-refractivity contribution in [1.82, 2.24) is 20.8 Å². The normalized spacial score (nSPS) is 22.6. The Bertz CT molecular complexity index is 396. The van der Waals surface area contributed by atoms with Crippen LogP contribution in [0, 0.1) is 5.92 Å². The van der Waals surface area contributed by atoms with Crippen LogP contribution in [0.25, 0.3) is 0 Å². The number of nitrogens with zero attached hydrogens (tertiary/aromatic N) is 1. The first kappa shape index (κ1) is 14.9. The molecule has 1 saturated heterocycles. The number of nitrogens with one attached hydrogen (secondary N) is 3. The quantitative estimate of drug-likeness (QED) is 0.607. The summed E-state index contributed by atoms with van der Waals surface area (Å²) >= 11 is 0. The summed E-state index contributed by atoms with van der Waals surface area (Å²) in [5.74, 6) is -0.108. The van der Waals surface area contributed by atoms with E-state index in [0.717, 1.165) is 18.7 Å². The first-order chi connectivity index (χ1) is 8.20. The molecular weight excluding hydrogens is 256 g/mol. The van der Waals surface area contributed by atoms with Gasteiger partial charge in [0.25, 0.3) is 5.91 Å². The number of rotatable bonds is 4. The van der Waals surface area contributed by atoms with Crippen molar-refractivity contribution in [3.8, 4) is 0 Å². The van der Waals surface area contributed by atoms with Crippen LogP contribution in [0.1, 0.15) is 23.1 Å². The van der Waals surface area contributed by atoms with E-state index in [-0.39, 0.29) is 30.3 Å². The highest BCUT2D eigenvalue weighted by molar-refractivity contribution is 5.92. The summed E-state index contributed by atoms with van der Waals surface area (Å²) in [6.07, 6.45) is 0.451. The SMILES string of the molecule is CCc1cc(C(=O)NCC2CNCC2O)n[nH]1.Cl. The standard InChI is InChI=1S/C11H18N4O2.ClH/c1-2-8-3-9(15-14-8)11(17)13-5-7-4-12-6-10(7)16;/h3,7,10,12,16H,2,4-6H2,1H3,(H,13,17)(H,14,15);1H. The minimum Gasteiger partial charge on any atom is -0.391 e. The second kappa shape index (κ2) is 6.72. The fourth-order valence-electron chi connectivity index (χ4n) is 1.90. The molecule has 2 rings (SSSR count). The lowest BCUT2D eigenvalue weighted by atomic mass is 10.1. The summed E-state index contributed by atoms with van der Waals surface area (Å²) in [6, 6.07) is 1.75. The number of hydrogen-bond donors (Lipinski definition) is 4. The van der Waals surface area contributed by atoms with E-state index < -0.39 is 0 Å². The summed E-state index contributed by atoms with van der Waals surface area (Å²) in [7, 11) is 0. The van der Waals surface area contributed by atoms with Gasteiger partial charge in [-0.25, -0.2) is 0 Å². The highest BCUT2D eigenvalue weighted by Crippen LogP contribution is 2.07. The van der Waals surface area contributed by atoms with E-state index in [2.05, 4.69) is 20.8 Å². The number of H-pyrrole nitrogens is 1. The zero-order chi connectivity index (χ0) is 12.3. The molecule has 6 nitrogen and oxygen atoms in total. The molecule has 0 saturated carbocycles. The number of carbonyl (C=O) groups is 1. The Morgan fingerprint density at radius 3 is 2.94 bits per heavy atom. The van der Waals surface area contributed by atoms with Crippen molar-refractivity contribution in [2.24, 2.45) is 5.92 Å². The van der Waals surface area contributed by atoms with Gasteiger partial charge in [-0.15, -0.1) is 12.4 Å². The molecule has 1 aromatic rings. The fraction of sp³-hybridized carbons (Fsp3) is 0.636. The number of aromatic nitrogens is 2. The summed E-state index contributed by atoms with van der Waals surface area (Å²) in [6.45, 7) is 3.81. The van der Waals surface area contributed by atoms with E-state index in [9.17, 15) is 9.90 Å².